The number of hydrogen-bond acceptors (Lipinski definition) is 5. The monoisotopic (exact) mass is 433 g/mol. The number of anilines is 2. The Morgan fingerprint density at radius 3 is 3.00 bits per heavy atom. The second-order valence-corrected chi connectivity index (χ2v) is 9.67. The number of pyridine rings is 1. The molecule has 31 heavy (non-hydrogen) atoms. The molecule has 160 valence electrons. The number of fused-ring (bicyclic) bond motifs is 2. The van der Waals surface area contributed by atoms with E-state index in [1.54, 1.807) is 6.20 Å². The number of carbonyl (C=O) groups excluding carboxylic acids is 1. The van der Waals surface area contributed by atoms with Crippen LogP contribution in [0, 0.1) is 6.92 Å². The third-order valence-corrected chi connectivity index (χ3v) is 7.02. The van der Waals surface area contributed by atoms with Crippen LogP contribution < -0.4 is 5.32 Å². The van der Waals surface area contributed by atoms with Crippen LogP contribution in [0.2, 0.25) is 0 Å². The number of likely N-dealkylation sites (tertiary alicyclic amines) is 1. The van der Waals surface area contributed by atoms with Crippen LogP contribution in [0.1, 0.15) is 28.2 Å². The molecule has 0 spiro atoms. The van der Waals surface area contributed by atoms with Crippen LogP contribution in [-0.4, -0.2) is 58.9 Å². The van der Waals surface area contributed by atoms with Gasteiger partial charge in [-0.2, -0.15) is 0 Å². The van der Waals surface area contributed by atoms with Crippen molar-refractivity contribution < 1.29 is 4.79 Å². The van der Waals surface area contributed by atoms with Gasteiger partial charge in [-0.05, 0) is 70.3 Å². The predicted molar refractivity (Wildman–Crippen MR) is 129 cm³/mol. The normalized spacial score (nSPS) is 16.6. The van der Waals surface area contributed by atoms with Crippen LogP contribution in [0.15, 0.2) is 42.6 Å². The lowest BCUT2D eigenvalue weighted by molar-refractivity contribution is 0.0721. The van der Waals surface area contributed by atoms with Crippen LogP contribution in [0.4, 0.5) is 11.4 Å². The summed E-state index contributed by atoms with van der Waals surface area (Å²) in [6.07, 6.45) is 3.94. The van der Waals surface area contributed by atoms with Crippen LogP contribution >= 0.6 is 11.3 Å². The lowest BCUT2D eigenvalue weighted by Crippen LogP contribution is -2.41. The van der Waals surface area contributed by atoms with E-state index in [2.05, 4.69) is 65.5 Å². The van der Waals surface area contributed by atoms with E-state index >= 15 is 0 Å². The maximum absolute atomic E-state index is 13.3. The third kappa shape index (κ3) is 3.91. The first-order chi connectivity index (χ1) is 15.0. The molecular formula is C24H27N5OS. The molecule has 1 aliphatic rings. The molecule has 1 amide bonds. The molecule has 1 fully saturated rings. The molecule has 1 aromatic carbocycles. The van der Waals surface area contributed by atoms with Crippen molar-refractivity contribution in [3.63, 3.8) is 0 Å². The number of nitrogens with one attached hydrogen (secondary N) is 2. The standard InChI is InChI=1S/C24H27N5OS/c1-15-11-16-12-17(6-7-19(16)26-15)27-20-8-9-25-21-13-22(31-23(20)21)24(30)29-10-4-5-18(29)14-28(2)3/h6-9,11-13,18,26H,4-5,10,14H2,1-3H3,(H,25,27)/t18-/m0/s1. The van der Waals surface area contributed by atoms with Gasteiger partial charge in [-0.15, -0.1) is 11.3 Å². The molecule has 6 nitrogen and oxygen atoms in total. The molecule has 0 unspecified atom stereocenters. The molecule has 0 radical (unpaired) electrons. The number of H-pyrrole nitrogens is 1. The van der Waals surface area contributed by atoms with Gasteiger partial charge in [0.25, 0.3) is 5.91 Å². The zero-order valence-electron chi connectivity index (χ0n) is 18.1. The Balaban J connectivity index is 1.43. The van der Waals surface area contributed by atoms with E-state index in [1.165, 1.54) is 16.7 Å². The SMILES string of the molecule is Cc1cc2cc(Nc3ccnc4cc(C(=O)N5CCC[C@H]5CN(C)C)sc34)ccc2[nH]1. The topological polar surface area (TPSA) is 64.3 Å². The summed E-state index contributed by atoms with van der Waals surface area (Å²) < 4.78 is 1.01. The Bertz CT molecular complexity index is 1260. The highest BCUT2D eigenvalue weighted by Gasteiger charge is 2.30. The van der Waals surface area contributed by atoms with Gasteiger partial charge in [-0.1, -0.05) is 0 Å². The summed E-state index contributed by atoms with van der Waals surface area (Å²) in [5.41, 5.74) is 5.14. The molecule has 1 aliphatic heterocycles. The Morgan fingerprint density at radius 1 is 1.29 bits per heavy atom. The summed E-state index contributed by atoms with van der Waals surface area (Å²) in [6, 6.07) is 12.6. The molecule has 3 aromatic heterocycles. The summed E-state index contributed by atoms with van der Waals surface area (Å²) >= 11 is 1.53. The third-order valence-electron chi connectivity index (χ3n) is 5.87. The molecule has 1 atom stereocenters. The summed E-state index contributed by atoms with van der Waals surface area (Å²) in [5.74, 6) is 0.127. The highest BCUT2D eigenvalue weighted by Crippen LogP contribution is 2.34. The van der Waals surface area contributed by atoms with Crippen molar-refractivity contribution in [2.75, 3.05) is 32.5 Å². The number of aryl methyl sites for hydroxylation is 1. The summed E-state index contributed by atoms with van der Waals surface area (Å²) in [5, 5.41) is 4.71. The van der Waals surface area contributed by atoms with Crippen molar-refractivity contribution in [2.45, 2.75) is 25.8 Å². The Labute approximate surface area is 185 Å². The number of amides is 1. The van der Waals surface area contributed by atoms with Gasteiger partial charge >= 0.3 is 0 Å². The van der Waals surface area contributed by atoms with Crippen LogP contribution in [0.5, 0.6) is 0 Å². The Hall–Kier alpha value is -2.90. The Kier molecular flexibility index (Phi) is 5.16. The van der Waals surface area contributed by atoms with Gasteiger partial charge in [0, 0.05) is 47.6 Å². The molecule has 0 aliphatic carbocycles. The number of aromatic amines is 1. The van der Waals surface area contributed by atoms with Gasteiger partial charge in [-0.25, -0.2) is 0 Å². The highest BCUT2D eigenvalue weighted by atomic mass is 32.1. The lowest BCUT2D eigenvalue weighted by Gasteiger charge is -2.26. The maximum atomic E-state index is 13.3. The smallest absolute Gasteiger partial charge is 0.264 e. The van der Waals surface area contributed by atoms with Crippen molar-refractivity contribution in [3.8, 4) is 0 Å². The van der Waals surface area contributed by atoms with E-state index in [-0.39, 0.29) is 11.9 Å². The minimum absolute atomic E-state index is 0.127. The van der Waals surface area contributed by atoms with Gasteiger partial charge in [-0.3, -0.25) is 9.78 Å². The summed E-state index contributed by atoms with van der Waals surface area (Å²) in [7, 11) is 4.13. The quantitative estimate of drug-likeness (QED) is 0.465. The summed E-state index contributed by atoms with van der Waals surface area (Å²) in [6.45, 7) is 3.80. The van der Waals surface area contributed by atoms with Crippen LogP contribution in [0.25, 0.3) is 21.1 Å². The minimum atomic E-state index is 0.127. The van der Waals surface area contributed by atoms with E-state index in [9.17, 15) is 4.79 Å². The molecule has 5 rings (SSSR count). The molecule has 2 N–H and O–H groups in total. The molecular weight excluding hydrogens is 406 g/mol. The second kappa shape index (κ2) is 7.98. The zero-order valence-corrected chi connectivity index (χ0v) is 18.9. The van der Waals surface area contributed by atoms with Crippen molar-refractivity contribution in [3.05, 3.63) is 53.2 Å². The van der Waals surface area contributed by atoms with Crippen molar-refractivity contribution in [1.82, 2.24) is 19.8 Å². The number of nitrogens with zero attached hydrogens (tertiary/aromatic N) is 3. The molecule has 0 saturated carbocycles. The Morgan fingerprint density at radius 2 is 2.16 bits per heavy atom. The van der Waals surface area contributed by atoms with Gasteiger partial charge < -0.3 is 20.1 Å². The molecule has 7 heteroatoms. The maximum Gasteiger partial charge on any atom is 0.264 e. The van der Waals surface area contributed by atoms with E-state index in [1.807, 2.05) is 17.0 Å². The molecule has 4 heterocycles. The molecule has 1 saturated heterocycles. The first-order valence-electron chi connectivity index (χ1n) is 10.7. The first kappa shape index (κ1) is 20.0. The first-order valence-corrected chi connectivity index (χ1v) is 11.5. The second-order valence-electron chi connectivity index (χ2n) is 8.62. The van der Waals surface area contributed by atoms with Crippen LogP contribution in [-0.2, 0) is 0 Å². The fourth-order valence-electron chi connectivity index (χ4n) is 4.51. The van der Waals surface area contributed by atoms with Crippen molar-refractivity contribution in [2.24, 2.45) is 0 Å². The fraction of sp³-hybridized carbons (Fsp3) is 0.333. The minimum Gasteiger partial charge on any atom is -0.359 e. The van der Waals surface area contributed by atoms with E-state index in [4.69, 9.17) is 0 Å². The highest BCUT2D eigenvalue weighted by molar-refractivity contribution is 7.21. The van der Waals surface area contributed by atoms with Gasteiger partial charge in [0.15, 0.2) is 0 Å². The van der Waals surface area contributed by atoms with E-state index in [0.29, 0.717) is 0 Å². The van der Waals surface area contributed by atoms with Crippen molar-refractivity contribution in [1.29, 1.82) is 0 Å². The molecule has 0 bridgehead atoms. The van der Waals surface area contributed by atoms with Crippen molar-refractivity contribution >= 4 is 49.7 Å². The fourth-order valence-corrected chi connectivity index (χ4v) is 5.55. The lowest BCUT2D eigenvalue weighted by atomic mass is 10.2. The number of aromatic nitrogens is 2. The number of likely N-dealkylation sites (N-methyl/N-ethyl adjacent to an activating group) is 1. The van der Waals surface area contributed by atoms with E-state index in [0.717, 1.165) is 63.6 Å². The van der Waals surface area contributed by atoms with Gasteiger partial charge in [0.1, 0.15) is 0 Å². The largest absolute Gasteiger partial charge is 0.359 e. The number of hydrogen-bond donors (Lipinski definition) is 2. The summed E-state index contributed by atoms with van der Waals surface area (Å²) in [4.78, 5) is 26.1. The average molecular weight is 434 g/mol. The van der Waals surface area contributed by atoms with Gasteiger partial charge in [0.05, 0.1) is 20.8 Å². The number of benzene rings is 1. The number of thiophene rings is 1. The van der Waals surface area contributed by atoms with E-state index < -0.39 is 0 Å². The zero-order chi connectivity index (χ0) is 21.5. The predicted octanol–water partition coefficient (Wildman–Crippen LogP) is 5.00. The average Bonchev–Trinajstić information content (AvgIpc) is 3.44. The molecule has 4 aromatic rings. The van der Waals surface area contributed by atoms with Gasteiger partial charge in [0.2, 0.25) is 0 Å². The number of carbonyl (C=O) groups is 1. The van der Waals surface area contributed by atoms with Crippen LogP contribution in [0.3, 0.4) is 0 Å². The number of rotatable bonds is 5.